The molecular weight excluding hydrogens is 328 g/mol. The van der Waals surface area contributed by atoms with Crippen LogP contribution in [0.2, 0.25) is 0 Å². The lowest BCUT2D eigenvalue weighted by Gasteiger charge is -2.14. The summed E-state index contributed by atoms with van der Waals surface area (Å²) in [7, 11) is 1.85. The minimum absolute atomic E-state index is 0.182. The number of esters is 1. The van der Waals surface area contributed by atoms with Gasteiger partial charge >= 0.3 is 5.97 Å². The van der Waals surface area contributed by atoms with Crippen molar-refractivity contribution in [1.29, 1.82) is 0 Å². The predicted octanol–water partition coefficient (Wildman–Crippen LogP) is 3.71. The Bertz CT molecular complexity index is 905. The molecule has 0 atom stereocenters. The maximum absolute atomic E-state index is 12.5. The number of benzene rings is 1. The van der Waals surface area contributed by atoms with Crippen molar-refractivity contribution in [2.45, 2.75) is 41.5 Å². The highest BCUT2D eigenvalue weighted by atomic mass is 16.5. The van der Waals surface area contributed by atoms with Gasteiger partial charge in [0.05, 0.1) is 5.69 Å². The summed E-state index contributed by atoms with van der Waals surface area (Å²) < 4.78 is 6.90. The molecule has 0 aliphatic heterocycles. The second-order valence-electron chi connectivity index (χ2n) is 6.71. The lowest BCUT2D eigenvalue weighted by molar-refractivity contribution is -0.136. The molecule has 0 aliphatic carbocycles. The van der Waals surface area contributed by atoms with E-state index in [1.807, 2.05) is 54.7 Å². The Kier molecular flexibility index (Phi) is 5.80. The van der Waals surface area contributed by atoms with Crippen molar-refractivity contribution in [2.75, 3.05) is 6.61 Å². The number of carbonyl (C=O) groups excluding carboxylic acids is 2. The Morgan fingerprint density at radius 2 is 1.73 bits per heavy atom. The van der Waals surface area contributed by atoms with Gasteiger partial charge in [0.25, 0.3) is 0 Å². The third-order valence-electron chi connectivity index (χ3n) is 4.93. The van der Waals surface area contributed by atoms with E-state index in [0.717, 1.165) is 39.2 Å². The van der Waals surface area contributed by atoms with E-state index in [2.05, 4.69) is 5.10 Å². The minimum Gasteiger partial charge on any atom is -0.454 e. The molecule has 5 heteroatoms. The molecule has 0 fully saturated rings. The number of hydrogen-bond donors (Lipinski definition) is 0. The summed E-state index contributed by atoms with van der Waals surface area (Å²) >= 11 is 0. The summed E-state index contributed by atoms with van der Waals surface area (Å²) in [4.78, 5) is 24.5. The molecule has 0 unspecified atom stereocenters. The first-order valence-corrected chi connectivity index (χ1v) is 8.59. The molecule has 0 radical (unpaired) electrons. The van der Waals surface area contributed by atoms with Gasteiger partial charge in [-0.25, -0.2) is 4.79 Å². The van der Waals surface area contributed by atoms with E-state index >= 15 is 0 Å². The Morgan fingerprint density at radius 3 is 2.31 bits per heavy atom. The molecule has 5 nitrogen and oxygen atoms in total. The van der Waals surface area contributed by atoms with Gasteiger partial charge in [-0.2, -0.15) is 5.10 Å². The van der Waals surface area contributed by atoms with Gasteiger partial charge in [-0.15, -0.1) is 0 Å². The zero-order valence-corrected chi connectivity index (χ0v) is 16.6. The quantitative estimate of drug-likeness (QED) is 0.466. The van der Waals surface area contributed by atoms with Gasteiger partial charge in [-0.3, -0.25) is 9.48 Å². The van der Waals surface area contributed by atoms with E-state index in [9.17, 15) is 9.59 Å². The number of aromatic nitrogens is 2. The molecule has 1 heterocycles. The largest absolute Gasteiger partial charge is 0.454 e. The van der Waals surface area contributed by atoms with Gasteiger partial charge in [0.15, 0.2) is 6.61 Å². The number of nitrogens with zero attached hydrogens (tertiary/aromatic N) is 2. The van der Waals surface area contributed by atoms with E-state index in [1.165, 1.54) is 6.08 Å². The van der Waals surface area contributed by atoms with Crippen molar-refractivity contribution >= 4 is 17.8 Å². The fourth-order valence-electron chi connectivity index (χ4n) is 3.15. The third kappa shape index (κ3) is 3.93. The molecule has 1 aromatic heterocycles. The minimum atomic E-state index is -0.542. The van der Waals surface area contributed by atoms with Gasteiger partial charge in [-0.05, 0) is 69.9 Å². The summed E-state index contributed by atoms with van der Waals surface area (Å²) in [5.74, 6) is -0.723. The first-order valence-electron chi connectivity index (χ1n) is 8.59. The number of Topliss-reactive ketones (excluding diaryl/α,β-unsaturated/α-hetero) is 1. The van der Waals surface area contributed by atoms with Crippen LogP contribution in [-0.4, -0.2) is 28.1 Å². The highest BCUT2D eigenvalue weighted by Crippen LogP contribution is 2.22. The molecule has 0 bridgehead atoms. The number of ether oxygens (including phenoxy) is 1. The fraction of sp³-hybridized carbons (Fsp3) is 0.381. The maximum atomic E-state index is 12.5. The van der Waals surface area contributed by atoms with Gasteiger partial charge in [0.1, 0.15) is 0 Å². The van der Waals surface area contributed by atoms with Crippen LogP contribution in [0.15, 0.2) is 12.1 Å². The Hall–Kier alpha value is -2.69. The molecular formula is C21H26N2O3. The summed E-state index contributed by atoms with van der Waals surface area (Å²) in [5.41, 5.74) is 7.42. The van der Waals surface area contributed by atoms with Gasteiger partial charge in [0, 0.05) is 29.9 Å². The number of hydrogen-bond acceptors (Lipinski definition) is 4. The van der Waals surface area contributed by atoms with Crippen LogP contribution in [-0.2, 0) is 16.6 Å². The molecule has 138 valence electrons. The summed E-state index contributed by atoms with van der Waals surface area (Å²) in [6, 6.07) is 1.99. The van der Waals surface area contributed by atoms with Gasteiger partial charge in [0.2, 0.25) is 5.78 Å². The van der Waals surface area contributed by atoms with Crippen molar-refractivity contribution in [1.82, 2.24) is 9.78 Å². The number of rotatable bonds is 5. The van der Waals surface area contributed by atoms with E-state index < -0.39 is 5.97 Å². The van der Waals surface area contributed by atoms with Crippen molar-refractivity contribution in [3.63, 3.8) is 0 Å². The highest BCUT2D eigenvalue weighted by Gasteiger charge is 2.16. The lowest BCUT2D eigenvalue weighted by Crippen LogP contribution is -2.16. The summed E-state index contributed by atoms with van der Waals surface area (Å²) in [6.45, 7) is 11.4. The normalized spacial score (nSPS) is 11.2. The summed E-state index contributed by atoms with van der Waals surface area (Å²) in [5, 5.41) is 4.30. The van der Waals surface area contributed by atoms with Crippen LogP contribution >= 0.6 is 0 Å². The molecule has 0 saturated heterocycles. The van der Waals surface area contributed by atoms with E-state index in [1.54, 1.807) is 10.8 Å². The van der Waals surface area contributed by atoms with Gasteiger partial charge in [-0.1, -0.05) is 6.07 Å². The van der Waals surface area contributed by atoms with Crippen LogP contribution in [0.4, 0.5) is 0 Å². The van der Waals surface area contributed by atoms with E-state index in [0.29, 0.717) is 5.56 Å². The predicted molar refractivity (Wildman–Crippen MR) is 102 cm³/mol. The monoisotopic (exact) mass is 354 g/mol. The van der Waals surface area contributed by atoms with Crippen molar-refractivity contribution in [2.24, 2.45) is 7.05 Å². The molecule has 2 rings (SSSR count). The number of aryl methyl sites for hydroxylation is 4. The fourth-order valence-corrected chi connectivity index (χ4v) is 3.15. The molecule has 0 spiro atoms. The molecule has 0 aliphatic rings. The standard InChI is InChI=1S/C21H26N2O3/c1-12-10-13(2)21(15(4)14(12)3)19(24)11-26-20(25)9-8-18-16(5)22-23(7)17(18)6/h8-10H,11H2,1-7H3/b9-8+. The second kappa shape index (κ2) is 7.68. The molecule has 0 N–H and O–H groups in total. The van der Waals surface area contributed by atoms with E-state index in [4.69, 9.17) is 4.74 Å². The van der Waals surface area contributed by atoms with Crippen LogP contribution in [0.5, 0.6) is 0 Å². The zero-order chi connectivity index (χ0) is 19.6. The second-order valence-corrected chi connectivity index (χ2v) is 6.71. The van der Waals surface area contributed by atoms with Crippen LogP contribution < -0.4 is 0 Å². The lowest BCUT2D eigenvalue weighted by atomic mass is 9.92. The van der Waals surface area contributed by atoms with Crippen LogP contribution in [0, 0.1) is 41.5 Å². The van der Waals surface area contributed by atoms with Crippen molar-refractivity contribution in [3.05, 3.63) is 56.9 Å². The first-order chi connectivity index (χ1) is 12.1. The number of ketones is 1. The van der Waals surface area contributed by atoms with Crippen LogP contribution in [0.3, 0.4) is 0 Å². The molecule has 0 amide bonds. The van der Waals surface area contributed by atoms with Crippen molar-refractivity contribution < 1.29 is 14.3 Å². The van der Waals surface area contributed by atoms with E-state index in [-0.39, 0.29) is 12.4 Å². The third-order valence-corrected chi connectivity index (χ3v) is 4.93. The molecule has 1 aromatic carbocycles. The summed E-state index contributed by atoms with van der Waals surface area (Å²) in [6.07, 6.45) is 3.02. The smallest absolute Gasteiger partial charge is 0.331 e. The maximum Gasteiger partial charge on any atom is 0.331 e. The Labute approximate surface area is 154 Å². The Morgan fingerprint density at radius 1 is 1.08 bits per heavy atom. The molecule has 0 saturated carbocycles. The average molecular weight is 354 g/mol. The number of carbonyl (C=O) groups is 2. The topological polar surface area (TPSA) is 61.2 Å². The average Bonchev–Trinajstić information content (AvgIpc) is 2.81. The first kappa shape index (κ1) is 19.6. The van der Waals surface area contributed by atoms with Crippen LogP contribution in [0.25, 0.3) is 6.08 Å². The van der Waals surface area contributed by atoms with Gasteiger partial charge < -0.3 is 4.74 Å². The van der Waals surface area contributed by atoms with Crippen LogP contribution in [0.1, 0.15) is 49.6 Å². The highest BCUT2D eigenvalue weighted by molar-refractivity contribution is 6.01. The Balaban J connectivity index is 2.07. The molecule has 2 aromatic rings. The SMILES string of the molecule is Cc1cc(C)c(C(=O)COC(=O)/C=C/c2c(C)nn(C)c2C)c(C)c1C. The zero-order valence-electron chi connectivity index (χ0n) is 16.6. The van der Waals surface area contributed by atoms with Crippen molar-refractivity contribution in [3.8, 4) is 0 Å². The molecule has 26 heavy (non-hydrogen) atoms.